The average molecular weight is 246 g/mol. The Balaban J connectivity index is 1.89. The third-order valence-corrected chi connectivity index (χ3v) is 3.04. The molecule has 2 N–H and O–H groups in total. The summed E-state index contributed by atoms with van der Waals surface area (Å²) in [6, 6.07) is 6.48. The Bertz CT molecular complexity index is 446. The molecule has 98 valence electrons. The van der Waals surface area contributed by atoms with E-state index in [1.54, 1.807) is 0 Å². The van der Waals surface area contributed by atoms with Gasteiger partial charge in [0.15, 0.2) is 0 Å². The molecule has 1 amide bonds. The second-order valence-corrected chi connectivity index (χ2v) is 5.97. The molecule has 1 aliphatic heterocycles. The molecule has 0 fully saturated rings. The summed E-state index contributed by atoms with van der Waals surface area (Å²) in [5, 5.41) is 6.35. The first-order valence-corrected chi connectivity index (χ1v) is 6.61. The largest absolute Gasteiger partial charge is 0.384 e. The van der Waals surface area contributed by atoms with Gasteiger partial charge < -0.3 is 10.6 Å². The van der Waals surface area contributed by atoms with Crippen molar-refractivity contribution in [2.75, 3.05) is 11.9 Å². The van der Waals surface area contributed by atoms with Gasteiger partial charge in [0.25, 0.3) is 0 Å². The number of anilines is 1. The second kappa shape index (κ2) is 5.01. The standard InChI is InChI=1S/C15H22N2O/c1-15(2,3)17-14(18)7-5-11-4-6-12-8-9-16-13(12)10-11/h4,6,10,16H,5,7-9H2,1-3H3,(H,17,18). The Labute approximate surface area is 109 Å². The topological polar surface area (TPSA) is 41.1 Å². The zero-order valence-electron chi connectivity index (χ0n) is 11.5. The number of fused-ring (bicyclic) bond motifs is 1. The Kier molecular flexibility index (Phi) is 3.60. The molecule has 1 aromatic carbocycles. The van der Waals surface area contributed by atoms with Crippen molar-refractivity contribution in [2.24, 2.45) is 0 Å². The van der Waals surface area contributed by atoms with Crippen LogP contribution in [-0.2, 0) is 17.6 Å². The highest BCUT2D eigenvalue weighted by Crippen LogP contribution is 2.23. The summed E-state index contributed by atoms with van der Waals surface area (Å²) in [6.45, 7) is 7.04. The van der Waals surface area contributed by atoms with Crippen LogP contribution in [0.1, 0.15) is 38.3 Å². The van der Waals surface area contributed by atoms with Crippen LogP contribution >= 0.6 is 0 Å². The molecule has 0 aromatic heterocycles. The van der Waals surface area contributed by atoms with E-state index in [0.717, 1.165) is 19.4 Å². The number of hydrogen-bond acceptors (Lipinski definition) is 2. The van der Waals surface area contributed by atoms with Crippen LogP contribution in [0.5, 0.6) is 0 Å². The maximum atomic E-state index is 11.7. The Morgan fingerprint density at radius 3 is 2.89 bits per heavy atom. The first-order valence-electron chi connectivity index (χ1n) is 6.61. The molecule has 18 heavy (non-hydrogen) atoms. The lowest BCUT2D eigenvalue weighted by Crippen LogP contribution is -2.40. The minimum Gasteiger partial charge on any atom is -0.384 e. The van der Waals surface area contributed by atoms with Crippen molar-refractivity contribution in [3.05, 3.63) is 29.3 Å². The average Bonchev–Trinajstić information content (AvgIpc) is 2.71. The highest BCUT2D eigenvalue weighted by Gasteiger charge is 2.14. The molecule has 1 heterocycles. The van der Waals surface area contributed by atoms with E-state index in [4.69, 9.17) is 0 Å². The zero-order chi connectivity index (χ0) is 13.2. The maximum Gasteiger partial charge on any atom is 0.220 e. The van der Waals surface area contributed by atoms with Gasteiger partial charge in [-0.1, -0.05) is 12.1 Å². The summed E-state index contributed by atoms with van der Waals surface area (Å²) in [6.07, 6.45) is 2.47. The van der Waals surface area contributed by atoms with Gasteiger partial charge in [-0.15, -0.1) is 0 Å². The zero-order valence-corrected chi connectivity index (χ0v) is 11.5. The highest BCUT2D eigenvalue weighted by molar-refractivity contribution is 5.77. The van der Waals surface area contributed by atoms with Crippen LogP contribution in [0.25, 0.3) is 0 Å². The van der Waals surface area contributed by atoms with E-state index in [1.807, 2.05) is 20.8 Å². The van der Waals surface area contributed by atoms with Crippen molar-refractivity contribution < 1.29 is 4.79 Å². The molecule has 2 rings (SSSR count). The van der Waals surface area contributed by atoms with Crippen molar-refractivity contribution in [3.63, 3.8) is 0 Å². The molecule has 0 atom stereocenters. The van der Waals surface area contributed by atoms with Crippen molar-refractivity contribution in [3.8, 4) is 0 Å². The molecule has 3 heteroatoms. The smallest absolute Gasteiger partial charge is 0.220 e. The molecular formula is C15H22N2O. The molecule has 0 unspecified atom stereocenters. The van der Waals surface area contributed by atoms with Crippen LogP contribution in [-0.4, -0.2) is 18.0 Å². The SMILES string of the molecule is CC(C)(C)NC(=O)CCc1ccc2c(c1)NCC2. The molecule has 0 saturated heterocycles. The van der Waals surface area contributed by atoms with E-state index in [9.17, 15) is 4.79 Å². The number of aryl methyl sites for hydroxylation is 1. The molecule has 3 nitrogen and oxygen atoms in total. The minimum absolute atomic E-state index is 0.121. The van der Waals surface area contributed by atoms with Gasteiger partial charge in [0, 0.05) is 24.2 Å². The Morgan fingerprint density at radius 2 is 2.17 bits per heavy atom. The van der Waals surface area contributed by atoms with E-state index >= 15 is 0 Å². The predicted octanol–water partition coefficient (Wildman–Crippen LogP) is 2.50. The minimum atomic E-state index is -0.142. The van der Waals surface area contributed by atoms with Crippen LogP contribution in [0.15, 0.2) is 18.2 Å². The quantitative estimate of drug-likeness (QED) is 0.860. The Hall–Kier alpha value is -1.51. The maximum absolute atomic E-state index is 11.7. The van der Waals surface area contributed by atoms with Crippen molar-refractivity contribution >= 4 is 11.6 Å². The number of nitrogens with one attached hydrogen (secondary N) is 2. The summed E-state index contributed by atoms with van der Waals surface area (Å²) < 4.78 is 0. The molecule has 1 aromatic rings. The first-order chi connectivity index (χ1) is 8.44. The first kappa shape index (κ1) is 12.9. The van der Waals surface area contributed by atoms with Gasteiger partial charge in [-0.3, -0.25) is 4.79 Å². The fourth-order valence-corrected chi connectivity index (χ4v) is 2.23. The molecule has 0 radical (unpaired) electrons. The van der Waals surface area contributed by atoms with Gasteiger partial charge >= 0.3 is 0 Å². The van der Waals surface area contributed by atoms with Gasteiger partial charge in [-0.05, 0) is 50.8 Å². The van der Waals surface area contributed by atoms with E-state index in [1.165, 1.54) is 16.8 Å². The molecule has 0 spiro atoms. The number of amides is 1. The van der Waals surface area contributed by atoms with E-state index in [0.29, 0.717) is 6.42 Å². The number of carbonyl (C=O) groups excluding carboxylic acids is 1. The van der Waals surface area contributed by atoms with Gasteiger partial charge in [0.2, 0.25) is 5.91 Å². The number of rotatable bonds is 3. The molecule has 0 saturated carbocycles. The highest BCUT2D eigenvalue weighted by atomic mass is 16.1. The van der Waals surface area contributed by atoms with Crippen LogP contribution in [0.2, 0.25) is 0 Å². The van der Waals surface area contributed by atoms with Crippen molar-refractivity contribution in [1.29, 1.82) is 0 Å². The van der Waals surface area contributed by atoms with Gasteiger partial charge in [0.05, 0.1) is 0 Å². The van der Waals surface area contributed by atoms with Crippen LogP contribution in [0.4, 0.5) is 5.69 Å². The molecule has 0 bridgehead atoms. The van der Waals surface area contributed by atoms with Crippen LogP contribution < -0.4 is 10.6 Å². The molecular weight excluding hydrogens is 224 g/mol. The number of hydrogen-bond donors (Lipinski definition) is 2. The lowest BCUT2D eigenvalue weighted by Gasteiger charge is -2.20. The van der Waals surface area contributed by atoms with E-state index in [2.05, 4.69) is 28.8 Å². The number of carbonyl (C=O) groups is 1. The summed E-state index contributed by atoms with van der Waals surface area (Å²) >= 11 is 0. The second-order valence-electron chi connectivity index (χ2n) is 5.97. The van der Waals surface area contributed by atoms with Gasteiger partial charge in [-0.25, -0.2) is 0 Å². The van der Waals surface area contributed by atoms with E-state index < -0.39 is 0 Å². The lowest BCUT2D eigenvalue weighted by molar-refractivity contribution is -0.122. The van der Waals surface area contributed by atoms with Crippen LogP contribution in [0, 0.1) is 0 Å². The van der Waals surface area contributed by atoms with E-state index in [-0.39, 0.29) is 11.4 Å². The van der Waals surface area contributed by atoms with Crippen molar-refractivity contribution in [2.45, 2.75) is 45.6 Å². The summed E-state index contributed by atoms with van der Waals surface area (Å²) in [5.74, 6) is 0.121. The van der Waals surface area contributed by atoms with Gasteiger partial charge in [0.1, 0.15) is 0 Å². The summed E-state index contributed by atoms with van der Waals surface area (Å²) in [4.78, 5) is 11.7. The predicted molar refractivity (Wildman–Crippen MR) is 74.9 cm³/mol. The Morgan fingerprint density at radius 1 is 1.39 bits per heavy atom. The fourth-order valence-electron chi connectivity index (χ4n) is 2.23. The normalized spacial score (nSPS) is 13.9. The third-order valence-electron chi connectivity index (χ3n) is 3.04. The van der Waals surface area contributed by atoms with Crippen molar-refractivity contribution in [1.82, 2.24) is 5.32 Å². The molecule has 0 aliphatic carbocycles. The van der Waals surface area contributed by atoms with Gasteiger partial charge in [-0.2, -0.15) is 0 Å². The third kappa shape index (κ3) is 3.49. The fraction of sp³-hybridized carbons (Fsp3) is 0.533. The summed E-state index contributed by atoms with van der Waals surface area (Å²) in [7, 11) is 0. The summed E-state index contributed by atoms with van der Waals surface area (Å²) in [5.41, 5.74) is 3.71. The van der Waals surface area contributed by atoms with Crippen LogP contribution in [0.3, 0.4) is 0 Å². The monoisotopic (exact) mass is 246 g/mol. The molecule has 1 aliphatic rings. The lowest BCUT2D eigenvalue weighted by atomic mass is 10.0. The number of benzene rings is 1.